The van der Waals surface area contributed by atoms with Gasteiger partial charge in [0, 0.05) is 13.0 Å². The highest BCUT2D eigenvalue weighted by Gasteiger charge is 2.37. The normalized spacial score (nSPS) is 15.3. The summed E-state index contributed by atoms with van der Waals surface area (Å²) in [5.74, 6) is -1.44. The highest BCUT2D eigenvalue weighted by Crippen LogP contribution is 2.27. The predicted molar refractivity (Wildman–Crippen MR) is 70.7 cm³/mol. The van der Waals surface area contributed by atoms with Crippen molar-refractivity contribution in [3.63, 3.8) is 0 Å². The molecule has 1 aromatic carbocycles. The second-order valence-electron chi connectivity index (χ2n) is 4.83. The summed E-state index contributed by atoms with van der Waals surface area (Å²) >= 11 is 0. The first-order valence-electron chi connectivity index (χ1n) is 6.10. The molecule has 0 bridgehead atoms. The van der Waals surface area contributed by atoms with E-state index in [1.807, 2.05) is 0 Å². The third-order valence-corrected chi connectivity index (χ3v) is 2.99. The van der Waals surface area contributed by atoms with E-state index in [9.17, 15) is 14.7 Å². The molecule has 0 aliphatic heterocycles. The van der Waals surface area contributed by atoms with Gasteiger partial charge in [0.1, 0.15) is 0 Å². The minimum Gasteiger partial charge on any atom is -0.481 e. The molecular weight excluding hydrogens is 246 g/mol. The van der Waals surface area contributed by atoms with Crippen molar-refractivity contribution in [3.8, 4) is 0 Å². The van der Waals surface area contributed by atoms with Gasteiger partial charge in [0.15, 0.2) is 0 Å². The van der Waals surface area contributed by atoms with Crippen LogP contribution in [-0.2, 0) is 15.0 Å². The molecule has 3 N–H and O–H groups in total. The number of carboxylic acid groups (broad SMARTS) is 1. The number of rotatable bonds is 6. The molecule has 104 valence electrons. The number of carbonyl (C=O) groups excluding carboxylic acids is 1. The Bertz CT molecular complexity index is 444. The van der Waals surface area contributed by atoms with Crippen LogP contribution in [0.25, 0.3) is 0 Å². The van der Waals surface area contributed by atoms with E-state index in [1.54, 1.807) is 37.3 Å². The molecular formula is C14H19NO4. The van der Waals surface area contributed by atoms with E-state index in [0.29, 0.717) is 5.56 Å². The molecule has 0 saturated heterocycles. The minimum atomic E-state index is -1.27. The first kappa shape index (κ1) is 15.2. The number of aliphatic carboxylic acids is 1. The Morgan fingerprint density at radius 3 is 2.37 bits per heavy atom. The van der Waals surface area contributed by atoms with Gasteiger partial charge in [-0.05, 0) is 19.4 Å². The number of hydrogen-bond acceptors (Lipinski definition) is 3. The largest absolute Gasteiger partial charge is 0.481 e. The molecule has 0 fully saturated rings. The molecule has 1 aromatic rings. The van der Waals surface area contributed by atoms with Gasteiger partial charge in [-0.3, -0.25) is 9.59 Å². The molecule has 0 aliphatic rings. The Labute approximate surface area is 112 Å². The summed E-state index contributed by atoms with van der Waals surface area (Å²) < 4.78 is 0. The molecule has 0 aromatic heterocycles. The fourth-order valence-electron chi connectivity index (χ4n) is 1.75. The van der Waals surface area contributed by atoms with Crippen LogP contribution in [0.1, 0.15) is 25.8 Å². The van der Waals surface area contributed by atoms with Crippen molar-refractivity contribution in [3.05, 3.63) is 35.9 Å². The molecule has 1 rings (SSSR count). The number of carbonyl (C=O) groups is 2. The number of benzene rings is 1. The molecule has 0 saturated carbocycles. The third-order valence-electron chi connectivity index (χ3n) is 2.99. The monoisotopic (exact) mass is 265 g/mol. The predicted octanol–water partition coefficient (Wildman–Crippen LogP) is 0.916. The van der Waals surface area contributed by atoms with Gasteiger partial charge in [-0.2, -0.15) is 0 Å². The molecule has 0 radical (unpaired) electrons. The molecule has 0 aliphatic carbocycles. The van der Waals surface area contributed by atoms with Crippen LogP contribution >= 0.6 is 0 Å². The highest BCUT2D eigenvalue weighted by atomic mass is 16.4. The number of nitrogens with one attached hydrogen (secondary N) is 1. The van der Waals surface area contributed by atoms with Crippen molar-refractivity contribution in [2.24, 2.45) is 0 Å². The Balaban J connectivity index is 2.84. The SMILES string of the molecule is C[C@@H](O)CNC(=O)CC(C)(C(=O)O)c1ccccc1. The Morgan fingerprint density at radius 2 is 1.89 bits per heavy atom. The number of aliphatic hydroxyl groups excluding tert-OH is 1. The smallest absolute Gasteiger partial charge is 0.314 e. The van der Waals surface area contributed by atoms with Gasteiger partial charge in [-0.25, -0.2) is 0 Å². The van der Waals surface area contributed by atoms with Crippen LogP contribution in [-0.4, -0.2) is 34.7 Å². The second-order valence-corrected chi connectivity index (χ2v) is 4.83. The molecule has 1 amide bonds. The lowest BCUT2D eigenvalue weighted by atomic mass is 9.79. The minimum absolute atomic E-state index is 0.114. The maximum absolute atomic E-state index is 11.8. The topological polar surface area (TPSA) is 86.6 Å². The zero-order chi connectivity index (χ0) is 14.5. The molecule has 5 heteroatoms. The summed E-state index contributed by atoms with van der Waals surface area (Å²) in [7, 11) is 0. The lowest BCUT2D eigenvalue weighted by Gasteiger charge is -2.24. The van der Waals surface area contributed by atoms with Crippen molar-refractivity contribution in [1.29, 1.82) is 0 Å². The van der Waals surface area contributed by atoms with Crippen LogP contribution < -0.4 is 5.32 Å². The van der Waals surface area contributed by atoms with E-state index in [1.165, 1.54) is 6.92 Å². The van der Waals surface area contributed by atoms with Gasteiger partial charge in [0.25, 0.3) is 0 Å². The van der Waals surface area contributed by atoms with Gasteiger partial charge >= 0.3 is 5.97 Å². The molecule has 0 spiro atoms. The van der Waals surface area contributed by atoms with Crippen LogP contribution in [0.5, 0.6) is 0 Å². The summed E-state index contributed by atoms with van der Waals surface area (Å²) in [6.07, 6.45) is -0.823. The van der Waals surface area contributed by atoms with Crippen molar-refractivity contribution >= 4 is 11.9 Å². The average molecular weight is 265 g/mol. The van der Waals surface area contributed by atoms with E-state index >= 15 is 0 Å². The first-order chi connectivity index (χ1) is 8.86. The number of hydrogen-bond donors (Lipinski definition) is 3. The average Bonchev–Trinajstić information content (AvgIpc) is 2.37. The van der Waals surface area contributed by atoms with Crippen molar-refractivity contribution < 1.29 is 19.8 Å². The van der Waals surface area contributed by atoms with E-state index < -0.39 is 23.4 Å². The van der Waals surface area contributed by atoms with Gasteiger partial charge in [-0.15, -0.1) is 0 Å². The van der Waals surface area contributed by atoms with Crippen LogP contribution in [0.3, 0.4) is 0 Å². The van der Waals surface area contributed by atoms with E-state index in [-0.39, 0.29) is 13.0 Å². The van der Waals surface area contributed by atoms with E-state index in [4.69, 9.17) is 5.11 Å². The van der Waals surface area contributed by atoms with Crippen molar-refractivity contribution in [2.45, 2.75) is 31.8 Å². The number of amides is 1. The van der Waals surface area contributed by atoms with Crippen LogP contribution in [0.15, 0.2) is 30.3 Å². The Morgan fingerprint density at radius 1 is 1.32 bits per heavy atom. The van der Waals surface area contributed by atoms with Crippen LogP contribution in [0.4, 0.5) is 0 Å². The Kier molecular flexibility index (Phi) is 5.06. The second kappa shape index (κ2) is 6.33. The van der Waals surface area contributed by atoms with E-state index in [0.717, 1.165) is 0 Å². The fraction of sp³-hybridized carbons (Fsp3) is 0.429. The fourth-order valence-corrected chi connectivity index (χ4v) is 1.75. The molecule has 2 atom stereocenters. The first-order valence-corrected chi connectivity index (χ1v) is 6.10. The molecule has 19 heavy (non-hydrogen) atoms. The quantitative estimate of drug-likeness (QED) is 0.713. The van der Waals surface area contributed by atoms with Gasteiger partial charge in [0.2, 0.25) is 5.91 Å². The summed E-state index contributed by atoms with van der Waals surface area (Å²) in [6, 6.07) is 8.65. The van der Waals surface area contributed by atoms with Gasteiger partial charge in [0.05, 0.1) is 11.5 Å². The Hall–Kier alpha value is -1.88. The van der Waals surface area contributed by atoms with Crippen LogP contribution in [0.2, 0.25) is 0 Å². The summed E-state index contributed by atoms with van der Waals surface area (Å²) in [4.78, 5) is 23.2. The van der Waals surface area contributed by atoms with E-state index in [2.05, 4.69) is 5.32 Å². The number of aliphatic hydroxyl groups is 1. The number of carboxylic acids is 1. The maximum atomic E-state index is 11.8. The molecule has 1 unspecified atom stereocenters. The molecule has 0 heterocycles. The van der Waals surface area contributed by atoms with Gasteiger partial charge < -0.3 is 15.5 Å². The summed E-state index contributed by atoms with van der Waals surface area (Å²) in [5, 5.41) is 21.0. The van der Waals surface area contributed by atoms with Crippen LogP contribution in [0, 0.1) is 0 Å². The summed E-state index contributed by atoms with van der Waals surface area (Å²) in [5.41, 5.74) is -0.695. The van der Waals surface area contributed by atoms with Crippen molar-refractivity contribution in [1.82, 2.24) is 5.32 Å². The maximum Gasteiger partial charge on any atom is 0.314 e. The zero-order valence-corrected chi connectivity index (χ0v) is 11.1. The third kappa shape index (κ3) is 4.06. The summed E-state index contributed by atoms with van der Waals surface area (Å²) in [6.45, 7) is 3.18. The highest BCUT2D eigenvalue weighted by molar-refractivity contribution is 5.89. The standard InChI is InChI=1S/C14H19NO4/c1-10(16)9-15-12(17)8-14(2,13(18)19)11-6-4-3-5-7-11/h3-7,10,16H,8-9H2,1-2H3,(H,15,17)(H,18,19)/t10-,14?/m1/s1. The lowest BCUT2D eigenvalue weighted by molar-refractivity contribution is -0.145. The zero-order valence-electron chi connectivity index (χ0n) is 11.1. The lowest BCUT2D eigenvalue weighted by Crippen LogP contribution is -2.40. The van der Waals surface area contributed by atoms with Crippen molar-refractivity contribution in [2.75, 3.05) is 6.54 Å². The van der Waals surface area contributed by atoms with Gasteiger partial charge in [-0.1, -0.05) is 30.3 Å². The molecule has 5 nitrogen and oxygen atoms in total.